The molecule has 1 saturated carbocycles. The second-order valence-electron chi connectivity index (χ2n) is 7.23. The highest BCUT2D eigenvalue weighted by Crippen LogP contribution is 2.27. The Balaban J connectivity index is 1.55. The molecule has 0 saturated heterocycles. The van der Waals surface area contributed by atoms with Crippen LogP contribution in [0.3, 0.4) is 0 Å². The first-order chi connectivity index (χ1) is 13.7. The van der Waals surface area contributed by atoms with E-state index in [-0.39, 0.29) is 0 Å². The zero-order chi connectivity index (χ0) is 19.3. The number of benzene rings is 1. The third-order valence-electron chi connectivity index (χ3n) is 5.17. The topological polar surface area (TPSA) is 63.5 Å². The van der Waals surface area contributed by atoms with Crippen molar-refractivity contribution in [3.63, 3.8) is 0 Å². The van der Waals surface area contributed by atoms with E-state index in [4.69, 9.17) is 4.74 Å². The molecule has 0 amide bonds. The van der Waals surface area contributed by atoms with Crippen molar-refractivity contribution in [2.24, 2.45) is 5.92 Å². The molecule has 7 heteroatoms. The summed E-state index contributed by atoms with van der Waals surface area (Å²) >= 11 is 0. The predicted molar refractivity (Wildman–Crippen MR) is 109 cm³/mol. The second-order valence-corrected chi connectivity index (χ2v) is 7.23. The largest absolute Gasteiger partial charge is 0.494 e. The zero-order valence-corrected chi connectivity index (χ0v) is 16.1. The number of aromatic nitrogens is 3. The van der Waals surface area contributed by atoms with Gasteiger partial charge in [-0.2, -0.15) is 8.91 Å². The molecule has 1 aliphatic rings. The summed E-state index contributed by atoms with van der Waals surface area (Å²) in [5, 5.41) is 11.1. The van der Waals surface area contributed by atoms with Crippen LogP contribution in [0.25, 0.3) is 5.65 Å². The van der Waals surface area contributed by atoms with Gasteiger partial charge in [-0.25, -0.2) is 4.98 Å². The zero-order valence-electron chi connectivity index (χ0n) is 16.1. The highest BCUT2D eigenvalue weighted by molar-refractivity contribution is 5.76. The van der Waals surface area contributed by atoms with E-state index >= 15 is 0 Å². The minimum atomic E-state index is -0.480. The van der Waals surface area contributed by atoms with Gasteiger partial charge in [0.2, 0.25) is 5.95 Å². The fourth-order valence-corrected chi connectivity index (χ4v) is 3.72. The summed E-state index contributed by atoms with van der Waals surface area (Å²) in [6.07, 6.45) is 7.59. The molecule has 1 aliphatic carbocycles. The maximum atomic E-state index is 14.1. The number of ether oxygens (including phenoxy) is 1. The number of fused-ring (bicyclic) bond motifs is 1. The lowest BCUT2D eigenvalue weighted by Crippen LogP contribution is -2.18. The normalized spacial score (nSPS) is 14.9. The Bertz CT molecular complexity index is 918. The van der Waals surface area contributed by atoms with Gasteiger partial charge in [0.25, 0.3) is 0 Å². The van der Waals surface area contributed by atoms with Gasteiger partial charge in [-0.3, -0.25) is 0 Å². The molecule has 2 heterocycles. The van der Waals surface area contributed by atoms with E-state index in [2.05, 4.69) is 20.7 Å². The van der Waals surface area contributed by atoms with E-state index in [0.29, 0.717) is 29.7 Å². The molecule has 4 rings (SSSR count). The molecule has 1 fully saturated rings. The molecule has 28 heavy (non-hydrogen) atoms. The summed E-state index contributed by atoms with van der Waals surface area (Å²) in [7, 11) is 0. The van der Waals surface area contributed by atoms with Crippen LogP contribution in [0.4, 0.5) is 21.6 Å². The minimum absolute atomic E-state index is 0.453. The Labute approximate surface area is 164 Å². The molecule has 0 atom stereocenters. The van der Waals surface area contributed by atoms with Gasteiger partial charge in [0, 0.05) is 18.3 Å². The van der Waals surface area contributed by atoms with Gasteiger partial charge in [-0.15, -0.1) is 5.10 Å². The van der Waals surface area contributed by atoms with Crippen molar-refractivity contribution in [1.29, 1.82) is 0 Å². The van der Waals surface area contributed by atoms with E-state index in [9.17, 15) is 4.39 Å². The Kier molecular flexibility index (Phi) is 5.60. The van der Waals surface area contributed by atoms with Crippen molar-refractivity contribution in [2.45, 2.75) is 39.0 Å². The van der Waals surface area contributed by atoms with Crippen molar-refractivity contribution in [2.75, 3.05) is 23.8 Å². The molecule has 2 N–H and O–H groups in total. The monoisotopic (exact) mass is 383 g/mol. The summed E-state index contributed by atoms with van der Waals surface area (Å²) < 4.78 is 20.9. The molecule has 1 aromatic carbocycles. The molecule has 2 aromatic heterocycles. The number of anilines is 3. The van der Waals surface area contributed by atoms with E-state index in [1.54, 1.807) is 0 Å². The molecule has 0 radical (unpaired) electrons. The Morgan fingerprint density at radius 1 is 1.18 bits per heavy atom. The number of halogens is 1. The third kappa shape index (κ3) is 4.18. The van der Waals surface area contributed by atoms with Crippen LogP contribution in [-0.4, -0.2) is 27.7 Å². The summed E-state index contributed by atoms with van der Waals surface area (Å²) in [6, 6.07) is 9.55. The SMILES string of the molecule is CCOc1ccc(Nc2cc(NCC3CCCCC3)nn3c(F)cnc23)cc1. The van der Waals surface area contributed by atoms with E-state index in [0.717, 1.165) is 18.0 Å². The Morgan fingerprint density at radius 3 is 2.71 bits per heavy atom. The maximum absolute atomic E-state index is 14.1. The number of nitrogens with one attached hydrogen (secondary N) is 2. The third-order valence-corrected chi connectivity index (χ3v) is 5.17. The molecule has 0 bridgehead atoms. The van der Waals surface area contributed by atoms with Crippen LogP contribution in [-0.2, 0) is 0 Å². The van der Waals surface area contributed by atoms with Crippen LogP contribution < -0.4 is 15.4 Å². The van der Waals surface area contributed by atoms with Gasteiger partial charge in [-0.1, -0.05) is 19.3 Å². The van der Waals surface area contributed by atoms with Gasteiger partial charge in [0.05, 0.1) is 18.5 Å². The van der Waals surface area contributed by atoms with Gasteiger partial charge in [0.1, 0.15) is 11.6 Å². The van der Waals surface area contributed by atoms with Crippen LogP contribution in [0, 0.1) is 11.9 Å². The van der Waals surface area contributed by atoms with Gasteiger partial charge in [-0.05, 0) is 49.9 Å². The first-order valence-electron chi connectivity index (χ1n) is 10.0. The number of hydrogen-bond donors (Lipinski definition) is 2. The number of imidazole rings is 1. The quantitative estimate of drug-likeness (QED) is 0.601. The minimum Gasteiger partial charge on any atom is -0.494 e. The Morgan fingerprint density at radius 2 is 1.96 bits per heavy atom. The van der Waals surface area contributed by atoms with Crippen molar-refractivity contribution in [3.8, 4) is 5.75 Å². The van der Waals surface area contributed by atoms with Crippen LogP contribution >= 0.6 is 0 Å². The number of nitrogens with zero attached hydrogens (tertiary/aromatic N) is 3. The summed E-state index contributed by atoms with van der Waals surface area (Å²) in [5.74, 6) is 1.63. The first kappa shape index (κ1) is 18.5. The van der Waals surface area contributed by atoms with Crippen LogP contribution in [0.5, 0.6) is 5.75 Å². The molecule has 0 aliphatic heterocycles. The number of rotatable bonds is 7. The molecule has 0 spiro atoms. The lowest BCUT2D eigenvalue weighted by molar-refractivity contribution is 0.340. The molecule has 148 valence electrons. The molecule has 6 nitrogen and oxygen atoms in total. The van der Waals surface area contributed by atoms with Gasteiger partial charge >= 0.3 is 0 Å². The van der Waals surface area contributed by atoms with Crippen molar-refractivity contribution >= 4 is 22.8 Å². The number of hydrogen-bond acceptors (Lipinski definition) is 5. The lowest BCUT2D eigenvalue weighted by atomic mass is 9.89. The first-order valence-corrected chi connectivity index (χ1v) is 10.0. The van der Waals surface area contributed by atoms with E-state index < -0.39 is 5.95 Å². The smallest absolute Gasteiger partial charge is 0.234 e. The summed E-state index contributed by atoms with van der Waals surface area (Å²) in [5.41, 5.74) is 2.03. The molecule has 0 unspecified atom stereocenters. The summed E-state index contributed by atoms with van der Waals surface area (Å²) in [6.45, 7) is 3.44. The highest BCUT2D eigenvalue weighted by Gasteiger charge is 2.15. The molecular formula is C21H26FN5O. The van der Waals surface area contributed by atoms with Gasteiger partial charge < -0.3 is 15.4 Å². The molecule has 3 aromatic rings. The average Bonchev–Trinajstić information content (AvgIpc) is 3.10. The molecular weight excluding hydrogens is 357 g/mol. The predicted octanol–water partition coefficient (Wildman–Crippen LogP) is 5.00. The van der Waals surface area contributed by atoms with Crippen molar-refractivity contribution < 1.29 is 9.13 Å². The summed E-state index contributed by atoms with van der Waals surface area (Å²) in [4.78, 5) is 4.16. The second kappa shape index (κ2) is 8.46. The van der Waals surface area contributed by atoms with Crippen LogP contribution in [0.2, 0.25) is 0 Å². The lowest BCUT2D eigenvalue weighted by Gasteiger charge is -2.22. The van der Waals surface area contributed by atoms with Crippen molar-refractivity contribution in [3.05, 3.63) is 42.5 Å². The highest BCUT2D eigenvalue weighted by atomic mass is 19.1. The fourth-order valence-electron chi connectivity index (χ4n) is 3.72. The Hall–Kier alpha value is -2.83. The standard InChI is InChI=1S/C21H26FN5O/c1-2-28-17-10-8-16(9-11-17)25-18-12-20(23-13-15-6-4-3-5-7-15)26-27-19(22)14-24-21(18)27/h8-12,14-15,25H,2-7,13H2,1H3,(H,23,26). The average molecular weight is 383 g/mol. The maximum Gasteiger partial charge on any atom is 0.234 e. The fraction of sp³-hybridized carbons (Fsp3) is 0.429. The van der Waals surface area contributed by atoms with Crippen LogP contribution in [0.15, 0.2) is 36.5 Å². The van der Waals surface area contributed by atoms with Crippen molar-refractivity contribution in [1.82, 2.24) is 14.6 Å². The van der Waals surface area contributed by atoms with Crippen LogP contribution in [0.1, 0.15) is 39.0 Å². The van der Waals surface area contributed by atoms with Gasteiger partial charge in [0.15, 0.2) is 5.65 Å². The van der Waals surface area contributed by atoms with E-state index in [1.807, 2.05) is 37.3 Å². The van der Waals surface area contributed by atoms with E-state index in [1.165, 1.54) is 42.8 Å².